The van der Waals surface area contributed by atoms with E-state index in [9.17, 15) is 5.11 Å². The summed E-state index contributed by atoms with van der Waals surface area (Å²) in [5, 5.41) is 9.53. The van der Waals surface area contributed by atoms with Gasteiger partial charge in [-0.15, -0.1) is 0 Å². The largest absolute Gasteiger partial charge is 0.497 e. The predicted molar refractivity (Wildman–Crippen MR) is 63.2 cm³/mol. The molecule has 1 aliphatic heterocycles. The van der Waals surface area contributed by atoms with Crippen LogP contribution < -0.4 is 9.47 Å². The fourth-order valence-corrected chi connectivity index (χ4v) is 1.83. The van der Waals surface area contributed by atoms with E-state index in [1.54, 1.807) is 7.11 Å². The number of aliphatic hydroxyl groups excluding tert-OH is 1. The van der Waals surface area contributed by atoms with Gasteiger partial charge in [0.25, 0.3) is 0 Å². The molecule has 3 atom stereocenters. The standard InChI is InChI=1S/C13H18O4/c1-9-12(14)7-8-13(16-9)17-11-5-3-10(15-2)4-6-11/h3-6,9,12-14H,7-8H2,1-2H3/t9-,12+,13?/m0/s1. The highest BCUT2D eigenvalue weighted by Gasteiger charge is 2.27. The highest BCUT2D eigenvalue weighted by molar-refractivity contribution is 5.31. The summed E-state index contributed by atoms with van der Waals surface area (Å²) in [4.78, 5) is 0. The summed E-state index contributed by atoms with van der Waals surface area (Å²) in [5.41, 5.74) is 0. The van der Waals surface area contributed by atoms with E-state index in [-0.39, 0.29) is 18.5 Å². The molecule has 1 fully saturated rings. The van der Waals surface area contributed by atoms with Gasteiger partial charge in [0.15, 0.2) is 6.29 Å². The highest BCUT2D eigenvalue weighted by Crippen LogP contribution is 2.24. The molecule has 0 radical (unpaired) electrons. The zero-order chi connectivity index (χ0) is 12.3. The Hall–Kier alpha value is -1.26. The molecule has 1 aliphatic rings. The van der Waals surface area contributed by atoms with Crippen LogP contribution in [0.1, 0.15) is 19.8 Å². The van der Waals surface area contributed by atoms with Crippen molar-refractivity contribution in [2.24, 2.45) is 0 Å². The van der Waals surface area contributed by atoms with Crippen molar-refractivity contribution in [3.63, 3.8) is 0 Å². The van der Waals surface area contributed by atoms with Crippen molar-refractivity contribution < 1.29 is 19.3 Å². The molecule has 4 nitrogen and oxygen atoms in total. The van der Waals surface area contributed by atoms with Crippen LogP contribution in [0.2, 0.25) is 0 Å². The number of aliphatic hydroxyl groups is 1. The normalized spacial score (nSPS) is 28.8. The van der Waals surface area contributed by atoms with Gasteiger partial charge in [-0.3, -0.25) is 0 Å². The summed E-state index contributed by atoms with van der Waals surface area (Å²) >= 11 is 0. The second-order valence-corrected chi connectivity index (χ2v) is 4.21. The molecule has 1 saturated heterocycles. The van der Waals surface area contributed by atoms with Crippen LogP contribution in [0.15, 0.2) is 24.3 Å². The van der Waals surface area contributed by atoms with Gasteiger partial charge in [-0.25, -0.2) is 0 Å². The second-order valence-electron chi connectivity index (χ2n) is 4.21. The van der Waals surface area contributed by atoms with Crippen molar-refractivity contribution in [1.29, 1.82) is 0 Å². The number of hydrogen-bond acceptors (Lipinski definition) is 4. The third-order valence-corrected chi connectivity index (χ3v) is 2.93. The SMILES string of the molecule is COc1ccc(OC2CC[C@@H](O)[C@H](C)O2)cc1. The second kappa shape index (κ2) is 5.38. The van der Waals surface area contributed by atoms with E-state index in [1.807, 2.05) is 31.2 Å². The minimum absolute atomic E-state index is 0.174. The minimum Gasteiger partial charge on any atom is -0.497 e. The maximum absolute atomic E-state index is 9.53. The van der Waals surface area contributed by atoms with Gasteiger partial charge in [-0.05, 0) is 37.6 Å². The maximum atomic E-state index is 9.53. The average Bonchev–Trinajstić information content (AvgIpc) is 2.35. The molecule has 0 aromatic heterocycles. The van der Waals surface area contributed by atoms with E-state index in [1.165, 1.54) is 0 Å². The first kappa shape index (κ1) is 12.2. The summed E-state index contributed by atoms with van der Waals surface area (Å²) in [6.45, 7) is 1.86. The minimum atomic E-state index is -0.384. The summed E-state index contributed by atoms with van der Waals surface area (Å²) in [5.74, 6) is 1.55. The molecular formula is C13H18O4. The van der Waals surface area contributed by atoms with Crippen LogP contribution in [0.4, 0.5) is 0 Å². The van der Waals surface area contributed by atoms with Gasteiger partial charge in [-0.1, -0.05) is 0 Å². The van der Waals surface area contributed by atoms with Gasteiger partial charge in [0, 0.05) is 6.42 Å². The molecule has 1 N–H and O–H groups in total. The Kier molecular flexibility index (Phi) is 3.86. The molecule has 0 aliphatic carbocycles. The summed E-state index contributed by atoms with van der Waals surface area (Å²) in [7, 11) is 1.63. The lowest BCUT2D eigenvalue weighted by atomic mass is 10.1. The van der Waals surface area contributed by atoms with Crippen LogP contribution >= 0.6 is 0 Å². The fraction of sp³-hybridized carbons (Fsp3) is 0.538. The molecule has 0 saturated carbocycles. The highest BCUT2D eigenvalue weighted by atomic mass is 16.7. The van der Waals surface area contributed by atoms with Crippen LogP contribution in [-0.4, -0.2) is 30.7 Å². The van der Waals surface area contributed by atoms with Crippen molar-refractivity contribution in [2.75, 3.05) is 7.11 Å². The van der Waals surface area contributed by atoms with E-state index >= 15 is 0 Å². The maximum Gasteiger partial charge on any atom is 0.200 e. The molecule has 2 rings (SSSR count). The van der Waals surface area contributed by atoms with Crippen molar-refractivity contribution in [3.05, 3.63) is 24.3 Å². The third kappa shape index (κ3) is 3.11. The Labute approximate surface area is 101 Å². The number of rotatable bonds is 3. The lowest BCUT2D eigenvalue weighted by Gasteiger charge is -2.31. The van der Waals surface area contributed by atoms with Crippen LogP contribution in [0.25, 0.3) is 0 Å². The molecule has 1 aromatic rings. The Morgan fingerprint density at radius 2 is 1.82 bits per heavy atom. The molecule has 1 unspecified atom stereocenters. The van der Waals surface area contributed by atoms with Crippen molar-refractivity contribution in [1.82, 2.24) is 0 Å². The molecule has 0 spiro atoms. The van der Waals surface area contributed by atoms with Gasteiger partial charge in [-0.2, -0.15) is 0 Å². The summed E-state index contributed by atoms with van der Waals surface area (Å²) < 4.78 is 16.3. The lowest BCUT2D eigenvalue weighted by molar-refractivity contribution is -0.180. The number of hydrogen-bond donors (Lipinski definition) is 1. The zero-order valence-electron chi connectivity index (χ0n) is 10.1. The van der Waals surface area contributed by atoms with Crippen LogP contribution in [0, 0.1) is 0 Å². The quantitative estimate of drug-likeness (QED) is 0.874. The molecule has 0 amide bonds. The van der Waals surface area contributed by atoms with Crippen molar-refractivity contribution >= 4 is 0 Å². The van der Waals surface area contributed by atoms with Crippen LogP contribution in [0.3, 0.4) is 0 Å². The Morgan fingerprint density at radius 1 is 1.18 bits per heavy atom. The van der Waals surface area contributed by atoms with Gasteiger partial charge in [0.05, 0.1) is 19.3 Å². The lowest BCUT2D eigenvalue weighted by Crippen LogP contribution is -2.39. The van der Waals surface area contributed by atoms with Gasteiger partial charge < -0.3 is 19.3 Å². The zero-order valence-corrected chi connectivity index (χ0v) is 10.1. The molecule has 1 aromatic carbocycles. The fourth-order valence-electron chi connectivity index (χ4n) is 1.83. The summed E-state index contributed by atoms with van der Waals surface area (Å²) in [6, 6.07) is 7.38. The predicted octanol–water partition coefficient (Wildman–Crippen LogP) is 1.96. The first-order chi connectivity index (χ1) is 8.19. The molecule has 0 bridgehead atoms. The monoisotopic (exact) mass is 238 g/mol. The molecular weight excluding hydrogens is 220 g/mol. The molecule has 4 heteroatoms. The van der Waals surface area contributed by atoms with Crippen molar-refractivity contribution in [3.8, 4) is 11.5 Å². The van der Waals surface area contributed by atoms with E-state index in [0.717, 1.165) is 11.5 Å². The summed E-state index contributed by atoms with van der Waals surface area (Å²) in [6.07, 6.45) is 0.582. The van der Waals surface area contributed by atoms with E-state index < -0.39 is 0 Å². The number of methoxy groups -OCH3 is 1. The smallest absolute Gasteiger partial charge is 0.200 e. The molecule has 17 heavy (non-hydrogen) atoms. The molecule has 94 valence electrons. The van der Waals surface area contributed by atoms with Gasteiger partial charge in [0.1, 0.15) is 11.5 Å². The van der Waals surface area contributed by atoms with Crippen LogP contribution in [0.5, 0.6) is 11.5 Å². The Morgan fingerprint density at radius 3 is 2.41 bits per heavy atom. The Balaban J connectivity index is 1.92. The van der Waals surface area contributed by atoms with E-state index in [4.69, 9.17) is 14.2 Å². The third-order valence-electron chi connectivity index (χ3n) is 2.93. The first-order valence-electron chi connectivity index (χ1n) is 5.83. The Bertz CT molecular complexity index is 349. The van der Waals surface area contributed by atoms with Crippen LogP contribution in [-0.2, 0) is 4.74 Å². The first-order valence-corrected chi connectivity index (χ1v) is 5.83. The number of ether oxygens (including phenoxy) is 3. The van der Waals surface area contributed by atoms with E-state index in [2.05, 4.69) is 0 Å². The van der Waals surface area contributed by atoms with E-state index in [0.29, 0.717) is 12.8 Å². The topological polar surface area (TPSA) is 47.9 Å². The average molecular weight is 238 g/mol. The van der Waals surface area contributed by atoms with Crippen molar-refractivity contribution in [2.45, 2.75) is 38.3 Å². The van der Waals surface area contributed by atoms with Gasteiger partial charge >= 0.3 is 0 Å². The number of benzene rings is 1. The molecule has 1 heterocycles. The van der Waals surface area contributed by atoms with Gasteiger partial charge in [0.2, 0.25) is 0 Å².